The first-order chi connectivity index (χ1) is 14.2. The minimum absolute atomic E-state index is 0.205. The zero-order valence-electron chi connectivity index (χ0n) is 18.1. The lowest BCUT2D eigenvalue weighted by Crippen LogP contribution is -2.46. The molecule has 30 heavy (non-hydrogen) atoms. The smallest absolute Gasteiger partial charge is 0.412 e. The van der Waals surface area contributed by atoms with Crippen molar-refractivity contribution in [2.75, 3.05) is 31.7 Å². The lowest BCUT2D eigenvalue weighted by atomic mass is 9.75. The van der Waals surface area contributed by atoms with Crippen molar-refractivity contribution in [2.24, 2.45) is 0 Å². The number of allylic oxidation sites excluding steroid dienone is 1. The molecule has 0 spiro atoms. The van der Waals surface area contributed by atoms with E-state index >= 15 is 0 Å². The second-order valence-electron chi connectivity index (χ2n) is 8.38. The van der Waals surface area contributed by atoms with Gasteiger partial charge in [0.25, 0.3) is 0 Å². The lowest BCUT2D eigenvalue weighted by molar-refractivity contribution is -0.0577. The van der Waals surface area contributed by atoms with Crippen molar-refractivity contribution in [3.63, 3.8) is 0 Å². The van der Waals surface area contributed by atoms with Crippen LogP contribution in [0.3, 0.4) is 0 Å². The summed E-state index contributed by atoms with van der Waals surface area (Å²) < 4.78 is 15.4. The molecule has 1 amide bonds. The normalized spacial score (nSPS) is 16.4. The number of hydrogen-bond acceptors (Lipinski definition) is 6. The van der Waals surface area contributed by atoms with E-state index in [9.17, 15) is 4.79 Å². The van der Waals surface area contributed by atoms with Crippen molar-refractivity contribution in [2.45, 2.75) is 51.6 Å². The number of amides is 1. The van der Waals surface area contributed by atoms with Crippen molar-refractivity contribution in [1.82, 2.24) is 0 Å². The number of rotatable bonds is 4. The molecule has 0 unspecified atom stereocenters. The molecule has 0 saturated carbocycles. The number of nitrogens with one attached hydrogen (secondary N) is 1. The molecule has 1 aromatic carbocycles. The van der Waals surface area contributed by atoms with Gasteiger partial charge < -0.3 is 14.2 Å². The summed E-state index contributed by atoms with van der Waals surface area (Å²) in [7, 11) is 0. The number of aryl methyl sites for hydroxylation is 1. The van der Waals surface area contributed by atoms with Crippen LogP contribution in [0.2, 0.25) is 0 Å². The Morgan fingerprint density at radius 1 is 1.27 bits per heavy atom. The summed E-state index contributed by atoms with van der Waals surface area (Å²) in [6.45, 7) is 10.00. The van der Waals surface area contributed by atoms with Crippen molar-refractivity contribution >= 4 is 11.8 Å². The number of carbonyl (C=O) groups excluding carboxylic acids is 1. The Morgan fingerprint density at radius 2 is 1.97 bits per heavy atom. The molecule has 7 heteroatoms. The monoisotopic (exact) mass is 411 g/mol. The highest BCUT2D eigenvalue weighted by Gasteiger charge is 2.40. The number of nitrogens with zero attached hydrogens (tertiary/aromatic N) is 2. The van der Waals surface area contributed by atoms with Gasteiger partial charge in [0.2, 0.25) is 0 Å². The fourth-order valence-electron chi connectivity index (χ4n) is 3.02. The molecule has 2 aliphatic rings. The van der Waals surface area contributed by atoms with Crippen LogP contribution >= 0.6 is 0 Å². The molecule has 160 valence electrons. The second kappa shape index (κ2) is 10.2. The van der Waals surface area contributed by atoms with Crippen LogP contribution in [0.1, 0.15) is 45.2 Å². The van der Waals surface area contributed by atoms with E-state index in [1.165, 1.54) is 6.08 Å². The fraction of sp³-hybridized carbons (Fsp3) is 0.522. The van der Waals surface area contributed by atoms with E-state index in [1.807, 2.05) is 45.9 Å². The molecule has 1 N–H and O–H groups in total. The van der Waals surface area contributed by atoms with E-state index in [1.54, 1.807) is 0 Å². The average Bonchev–Trinajstić information content (AvgIpc) is 2.60. The highest BCUT2D eigenvalue weighted by molar-refractivity contribution is 5.86. The van der Waals surface area contributed by atoms with Crippen molar-refractivity contribution in [1.29, 1.82) is 10.5 Å². The van der Waals surface area contributed by atoms with Crippen LogP contribution in [0, 0.1) is 22.7 Å². The van der Waals surface area contributed by atoms with Gasteiger partial charge in [-0.3, -0.25) is 5.32 Å². The van der Waals surface area contributed by atoms with Crippen molar-refractivity contribution in [3.8, 4) is 12.1 Å². The third kappa shape index (κ3) is 6.32. The summed E-state index contributed by atoms with van der Waals surface area (Å²) in [6, 6.07) is 10.1. The minimum atomic E-state index is -0.531. The molecule has 2 aliphatic heterocycles. The molecule has 2 heterocycles. The van der Waals surface area contributed by atoms with Crippen LogP contribution in [0.15, 0.2) is 29.8 Å². The summed E-state index contributed by atoms with van der Waals surface area (Å²) in [5.41, 5.74) is 3.23. The third-order valence-electron chi connectivity index (χ3n) is 4.75. The van der Waals surface area contributed by atoms with Crippen LogP contribution in [0.25, 0.3) is 0 Å². The van der Waals surface area contributed by atoms with Crippen LogP contribution in [-0.2, 0) is 26.0 Å². The average molecular weight is 412 g/mol. The van der Waals surface area contributed by atoms with Crippen LogP contribution in [0.4, 0.5) is 10.5 Å². The Balaban J connectivity index is 0.000000386. The molecule has 2 saturated heterocycles. The number of nitriles is 2. The number of carbonyl (C=O) groups is 1. The first kappa shape index (κ1) is 23.4. The molecule has 7 nitrogen and oxygen atoms in total. The van der Waals surface area contributed by atoms with E-state index in [0.29, 0.717) is 32.8 Å². The number of anilines is 1. The van der Waals surface area contributed by atoms with Crippen LogP contribution < -0.4 is 5.32 Å². The van der Waals surface area contributed by atoms with E-state index in [4.69, 9.17) is 24.7 Å². The van der Waals surface area contributed by atoms with Crippen LogP contribution in [0.5, 0.6) is 0 Å². The van der Waals surface area contributed by atoms with Gasteiger partial charge in [-0.25, -0.2) is 4.79 Å². The number of ether oxygens (including phenoxy) is 3. The highest BCUT2D eigenvalue weighted by Crippen LogP contribution is 2.37. The molecule has 0 radical (unpaired) electrons. The Bertz CT molecular complexity index is 862. The first-order valence-corrected chi connectivity index (χ1v) is 9.96. The molecule has 0 atom stereocenters. The van der Waals surface area contributed by atoms with Crippen LogP contribution in [-0.4, -0.2) is 38.1 Å². The summed E-state index contributed by atoms with van der Waals surface area (Å²) in [5, 5.41) is 19.9. The number of hydrogen-bond donors (Lipinski definition) is 1. The third-order valence-corrected chi connectivity index (χ3v) is 4.75. The summed E-state index contributed by atoms with van der Waals surface area (Å²) in [6.07, 6.45) is 2.29. The predicted molar refractivity (Wildman–Crippen MR) is 113 cm³/mol. The predicted octanol–water partition coefficient (Wildman–Crippen LogP) is 4.24. The zero-order valence-corrected chi connectivity index (χ0v) is 18.1. The molecule has 1 aromatic rings. The molecule has 0 aromatic heterocycles. The lowest BCUT2D eigenvalue weighted by Gasteiger charge is -2.40. The molecular weight excluding hydrogens is 382 g/mol. The van der Waals surface area contributed by atoms with Gasteiger partial charge in [0.1, 0.15) is 5.60 Å². The van der Waals surface area contributed by atoms with Crippen molar-refractivity contribution < 1.29 is 19.0 Å². The standard InChI is InChI=1S/C18H24N2O3.C5H5NO/c1-5-13-10-14(18(8-9-19)11-22-12-18)6-7-15(13)20-16(21)23-17(2,3)4;6-2-1-5-3-7-4-5/h6-7,10H,5,8,11-12H2,1-4H3,(H,20,21);1H,3-4H2. The highest BCUT2D eigenvalue weighted by atomic mass is 16.6. The maximum atomic E-state index is 12.0. The SMILES string of the molecule is CCc1cc(C2(CC#N)COC2)ccc1NC(=O)OC(C)(C)C.N#CC=C1COC1. The van der Waals surface area contributed by atoms with E-state index < -0.39 is 11.7 Å². The first-order valence-electron chi connectivity index (χ1n) is 9.96. The quantitative estimate of drug-likeness (QED) is 0.743. The maximum absolute atomic E-state index is 12.0. The van der Waals surface area contributed by atoms with E-state index in [0.717, 1.165) is 28.8 Å². The number of benzene rings is 1. The van der Waals surface area contributed by atoms with Gasteiger partial charge in [0.05, 0.1) is 44.0 Å². The Hall–Kier alpha value is -2.87. The van der Waals surface area contributed by atoms with Gasteiger partial charge in [0, 0.05) is 18.2 Å². The molecular formula is C23H29N3O4. The Kier molecular flexibility index (Phi) is 8.00. The van der Waals surface area contributed by atoms with Gasteiger partial charge in [-0.2, -0.15) is 10.5 Å². The largest absolute Gasteiger partial charge is 0.444 e. The summed E-state index contributed by atoms with van der Waals surface area (Å²) in [5.74, 6) is 0. The second-order valence-corrected chi connectivity index (χ2v) is 8.38. The topological polar surface area (TPSA) is 104 Å². The van der Waals surface area contributed by atoms with E-state index in [2.05, 4.69) is 17.5 Å². The molecule has 2 fully saturated rings. The van der Waals surface area contributed by atoms with Gasteiger partial charge in [-0.05, 0) is 50.0 Å². The van der Waals surface area contributed by atoms with Crippen molar-refractivity contribution in [3.05, 3.63) is 41.0 Å². The molecule has 0 aliphatic carbocycles. The Labute approximate surface area is 178 Å². The van der Waals surface area contributed by atoms with E-state index in [-0.39, 0.29) is 5.41 Å². The maximum Gasteiger partial charge on any atom is 0.412 e. The molecule has 3 rings (SSSR count). The summed E-state index contributed by atoms with van der Waals surface area (Å²) in [4.78, 5) is 12.0. The fourth-order valence-corrected chi connectivity index (χ4v) is 3.02. The van der Waals surface area contributed by atoms with Gasteiger partial charge in [-0.15, -0.1) is 0 Å². The summed E-state index contributed by atoms with van der Waals surface area (Å²) >= 11 is 0. The molecule has 0 bridgehead atoms. The van der Waals surface area contributed by atoms with Gasteiger partial charge in [0.15, 0.2) is 0 Å². The zero-order chi connectivity index (χ0) is 22.2. The minimum Gasteiger partial charge on any atom is -0.444 e. The Morgan fingerprint density at radius 3 is 2.37 bits per heavy atom. The van der Waals surface area contributed by atoms with Gasteiger partial charge >= 0.3 is 6.09 Å². The van der Waals surface area contributed by atoms with Gasteiger partial charge in [-0.1, -0.05) is 19.1 Å².